The third-order valence-electron chi connectivity index (χ3n) is 7.59. The van der Waals surface area contributed by atoms with Crippen molar-refractivity contribution in [1.82, 2.24) is 9.80 Å². The summed E-state index contributed by atoms with van der Waals surface area (Å²) in [6.07, 6.45) is 6.57. The van der Waals surface area contributed by atoms with Gasteiger partial charge in [0.1, 0.15) is 0 Å². The summed E-state index contributed by atoms with van der Waals surface area (Å²) in [5.41, 5.74) is -1.03. The Kier molecular flexibility index (Phi) is 10.3. The molecule has 2 heterocycles. The lowest BCUT2D eigenvalue weighted by Gasteiger charge is -2.34. The number of thioether (sulfide) groups is 1. The van der Waals surface area contributed by atoms with Crippen LogP contribution in [0.15, 0.2) is 47.4 Å². The third kappa shape index (κ3) is 9.09. The predicted molar refractivity (Wildman–Crippen MR) is 150 cm³/mol. The molecular formula is C29H37ClF3N3OS. The topological polar surface area (TPSA) is 35.6 Å². The van der Waals surface area contributed by atoms with Crippen LogP contribution in [0.1, 0.15) is 49.7 Å². The van der Waals surface area contributed by atoms with E-state index >= 15 is 0 Å². The maximum absolute atomic E-state index is 12.8. The molecule has 0 aliphatic carbocycles. The molecule has 38 heavy (non-hydrogen) atoms. The van der Waals surface area contributed by atoms with Crippen LogP contribution in [0.3, 0.4) is 0 Å². The van der Waals surface area contributed by atoms with Crippen molar-refractivity contribution in [3.05, 3.63) is 58.6 Å². The van der Waals surface area contributed by atoms with Crippen LogP contribution in [0.4, 0.5) is 18.9 Å². The van der Waals surface area contributed by atoms with Crippen LogP contribution in [0, 0.1) is 12.8 Å². The molecule has 2 aliphatic heterocycles. The van der Waals surface area contributed by atoms with Crippen molar-refractivity contribution in [2.75, 3.05) is 38.0 Å². The Labute approximate surface area is 233 Å². The summed E-state index contributed by atoms with van der Waals surface area (Å²) in [4.78, 5) is 17.2. The van der Waals surface area contributed by atoms with Crippen molar-refractivity contribution < 1.29 is 18.0 Å². The first-order valence-corrected chi connectivity index (χ1v) is 14.7. The number of hydrogen-bond acceptors (Lipinski definition) is 4. The highest BCUT2D eigenvalue weighted by Gasteiger charge is 2.31. The molecule has 2 aromatic rings. The molecule has 0 spiro atoms. The number of anilines is 1. The number of nitrogens with one attached hydrogen (secondary N) is 1. The zero-order chi connectivity index (χ0) is 27.1. The largest absolute Gasteiger partial charge is 0.446 e. The first kappa shape index (κ1) is 29.1. The Balaban J connectivity index is 1.12. The number of hydrogen-bond donors (Lipinski definition) is 1. The smallest absolute Gasteiger partial charge is 0.382 e. The van der Waals surface area contributed by atoms with Gasteiger partial charge in [0.15, 0.2) is 0 Å². The zero-order valence-corrected chi connectivity index (χ0v) is 23.5. The highest BCUT2D eigenvalue weighted by atomic mass is 35.5. The van der Waals surface area contributed by atoms with Gasteiger partial charge in [0.05, 0.1) is 5.02 Å². The number of amides is 1. The van der Waals surface area contributed by atoms with Gasteiger partial charge in [0, 0.05) is 36.1 Å². The first-order chi connectivity index (χ1) is 18.1. The van der Waals surface area contributed by atoms with Crippen molar-refractivity contribution in [3.8, 4) is 0 Å². The summed E-state index contributed by atoms with van der Waals surface area (Å²) in [5, 5.41) is 3.40. The van der Waals surface area contributed by atoms with Gasteiger partial charge in [-0.05, 0) is 107 Å². The molecule has 2 aromatic carbocycles. The number of halogens is 4. The SMILES string of the molecule is Cc1ccc(CC2CCN(CCCC(=O)N3CCC(Nc4ccc(Cl)c(SC(F)(F)F)c4)CC3)CC2)cc1. The normalized spacial score (nSPS) is 18.1. The third-order valence-corrected chi connectivity index (χ3v) is 8.82. The monoisotopic (exact) mass is 567 g/mol. The Bertz CT molecular complexity index is 1050. The summed E-state index contributed by atoms with van der Waals surface area (Å²) in [6, 6.07) is 13.6. The first-order valence-electron chi connectivity index (χ1n) is 13.5. The van der Waals surface area contributed by atoms with Gasteiger partial charge in [0.2, 0.25) is 5.91 Å². The van der Waals surface area contributed by atoms with Crippen LogP contribution in [0.2, 0.25) is 5.02 Å². The maximum atomic E-state index is 12.8. The van der Waals surface area contributed by atoms with Crippen molar-refractivity contribution in [3.63, 3.8) is 0 Å². The Morgan fingerprint density at radius 2 is 1.71 bits per heavy atom. The minimum absolute atomic E-state index is 0.00715. The predicted octanol–water partition coefficient (Wildman–Crippen LogP) is 7.40. The van der Waals surface area contributed by atoms with Gasteiger partial charge in [-0.3, -0.25) is 4.79 Å². The molecule has 0 saturated carbocycles. The van der Waals surface area contributed by atoms with E-state index in [9.17, 15) is 18.0 Å². The lowest BCUT2D eigenvalue weighted by molar-refractivity contribution is -0.132. The molecule has 9 heteroatoms. The minimum Gasteiger partial charge on any atom is -0.382 e. The molecule has 0 aromatic heterocycles. The second-order valence-corrected chi connectivity index (χ2v) is 12.1. The average Bonchev–Trinajstić information content (AvgIpc) is 2.88. The molecule has 1 amide bonds. The van der Waals surface area contributed by atoms with Crippen molar-refractivity contribution in [2.45, 2.75) is 68.3 Å². The van der Waals surface area contributed by atoms with Gasteiger partial charge in [-0.15, -0.1) is 0 Å². The maximum Gasteiger partial charge on any atom is 0.446 e. The molecule has 2 saturated heterocycles. The van der Waals surface area contributed by atoms with E-state index in [1.807, 2.05) is 4.90 Å². The minimum atomic E-state index is -4.38. The molecule has 2 aliphatic rings. The van der Waals surface area contributed by atoms with E-state index in [1.165, 1.54) is 36.1 Å². The van der Waals surface area contributed by atoms with E-state index in [0.717, 1.165) is 51.2 Å². The van der Waals surface area contributed by atoms with Crippen LogP contribution in [0.5, 0.6) is 0 Å². The zero-order valence-electron chi connectivity index (χ0n) is 21.9. The van der Waals surface area contributed by atoms with Gasteiger partial charge in [-0.2, -0.15) is 13.2 Å². The summed E-state index contributed by atoms with van der Waals surface area (Å²) in [7, 11) is 0. The van der Waals surface area contributed by atoms with Crippen molar-refractivity contribution in [2.24, 2.45) is 5.92 Å². The molecule has 0 unspecified atom stereocenters. The molecule has 208 valence electrons. The molecular weight excluding hydrogens is 531 g/mol. The van der Waals surface area contributed by atoms with Gasteiger partial charge in [-0.1, -0.05) is 41.4 Å². The number of rotatable bonds is 9. The number of aryl methyl sites for hydroxylation is 1. The molecule has 4 nitrogen and oxygen atoms in total. The Morgan fingerprint density at radius 1 is 1.03 bits per heavy atom. The Hall–Kier alpha value is -1.90. The summed E-state index contributed by atoms with van der Waals surface area (Å²) in [5.74, 6) is 0.946. The van der Waals surface area contributed by atoms with Gasteiger partial charge in [-0.25, -0.2) is 0 Å². The van der Waals surface area contributed by atoms with E-state index in [4.69, 9.17) is 11.6 Å². The summed E-state index contributed by atoms with van der Waals surface area (Å²) in [6.45, 7) is 6.63. The van der Waals surface area contributed by atoms with Crippen LogP contribution >= 0.6 is 23.4 Å². The molecule has 1 N–H and O–H groups in total. The Morgan fingerprint density at radius 3 is 2.37 bits per heavy atom. The number of carbonyl (C=O) groups excluding carboxylic acids is 1. The van der Waals surface area contributed by atoms with Crippen LogP contribution in [0.25, 0.3) is 0 Å². The lowest BCUT2D eigenvalue weighted by atomic mass is 9.90. The second-order valence-electron chi connectivity index (χ2n) is 10.6. The standard InChI is InChI=1S/C29H37ClF3N3OS/c1-21-4-6-22(7-5-21)19-23-10-15-35(16-11-23)14-2-3-28(37)36-17-12-24(13-18-36)34-25-8-9-26(30)27(20-25)38-29(31,32)33/h4-9,20,23-24,34H,2-3,10-19H2,1H3. The number of piperidine rings is 2. The highest BCUT2D eigenvalue weighted by molar-refractivity contribution is 8.00. The lowest BCUT2D eigenvalue weighted by Crippen LogP contribution is -2.42. The second kappa shape index (κ2) is 13.4. The fourth-order valence-electron chi connectivity index (χ4n) is 5.39. The van der Waals surface area contributed by atoms with Crippen LogP contribution < -0.4 is 5.32 Å². The summed E-state index contributed by atoms with van der Waals surface area (Å²) >= 11 is 5.73. The molecule has 2 fully saturated rings. The number of likely N-dealkylation sites (tertiary alicyclic amines) is 2. The van der Waals surface area contributed by atoms with Crippen molar-refractivity contribution in [1.29, 1.82) is 0 Å². The quantitative estimate of drug-likeness (QED) is 0.320. The van der Waals surface area contributed by atoms with E-state index < -0.39 is 5.51 Å². The molecule has 4 rings (SSSR count). The van der Waals surface area contributed by atoms with Gasteiger partial charge in [0.25, 0.3) is 0 Å². The van der Waals surface area contributed by atoms with Gasteiger partial charge >= 0.3 is 5.51 Å². The molecule has 0 radical (unpaired) electrons. The fourth-order valence-corrected chi connectivity index (χ4v) is 6.22. The molecule has 0 bridgehead atoms. The van der Waals surface area contributed by atoms with E-state index in [2.05, 4.69) is 41.4 Å². The van der Waals surface area contributed by atoms with Gasteiger partial charge < -0.3 is 15.1 Å². The van der Waals surface area contributed by atoms with Crippen LogP contribution in [-0.4, -0.2) is 60.0 Å². The van der Waals surface area contributed by atoms with Crippen molar-refractivity contribution >= 4 is 35.0 Å². The fraction of sp³-hybridized carbons (Fsp3) is 0.552. The van der Waals surface area contributed by atoms with Crippen LogP contribution in [-0.2, 0) is 11.2 Å². The number of carbonyl (C=O) groups is 1. The van der Waals surface area contributed by atoms with E-state index in [-0.39, 0.29) is 33.6 Å². The number of benzene rings is 2. The van der Waals surface area contributed by atoms with E-state index in [1.54, 1.807) is 6.07 Å². The number of alkyl halides is 3. The average molecular weight is 568 g/mol. The molecule has 0 atom stereocenters. The highest BCUT2D eigenvalue weighted by Crippen LogP contribution is 2.41. The summed E-state index contributed by atoms with van der Waals surface area (Å²) < 4.78 is 38.3. The number of nitrogens with zero attached hydrogens (tertiary/aromatic N) is 2. The van der Waals surface area contributed by atoms with E-state index in [0.29, 0.717) is 25.2 Å².